The van der Waals surface area contributed by atoms with Gasteiger partial charge in [-0.25, -0.2) is 0 Å². The highest BCUT2D eigenvalue weighted by atomic mass is 16.6. The van der Waals surface area contributed by atoms with Gasteiger partial charge in [0.2, 0.25) is 0 Å². The number of epoxide rings is 1. The third-order valence-corrected chi connectivity index (χ3v) is 4.55. The first-order chi connectivity index (χ1) is 8.40. The number of hydrogen-bond acceptors (Lipinski definition) is 4. The van der Waals surface area contributed by atoms with E-state index >= 15 is 0 Å². The molecule has 3 atom stereocenters. The lowest BCUT2D eigenvalue weighted by molar-refractivity contribution is -0.180. The van der Waals surface area contributed by atoms with E-state index in [9.17, 15) is 14.7 Å². The van der Waals surface area contributed by atoms with Crippen LogP contribution in [0.15, 0.2) is 0 Å². The molecule has 1 heterocycles. The number of carbonyl (C=O) groups is 2. The van der Waals surface area contributed by atoms with Crippen molar-refractivity contribution in [3.05, 3.63) is 0 Å². The molecule has 18 heavy (non-hydrogen) atoms. The molecule has 3 unspecified atom stereocenters. The predicted molar refractivity (Wildman–Crippen MR) is 63.0 cm³/mol. The zero-order valence-electron chi connectivity index (χ0n) is 10.9. The fourth-order valence-electron chi connectivity index (χ4n) is 2.67. The summed E-state index contributed by atoms with van der Waals surface area (Å²) in [6.07, 6.45) is 2.82. The second-order valence-corrected chi connectivity index (χ2v) is 5.73. The topological polar surface area (TPSA) is 76.1 Å². The fraction of sp³-hybridized carbons (Fsp3) is 0.846. The summed E-state index contributed by atoms with van der Waals surface area (Å²) in [6, 6.07) is 0. The van der Waals surface area contributed by atoms with E-state index in [1.807, 2.05) is 0 Å². The third-order valence-electron chi connectivity index (χ3n) is 4.55. The summed E-state index contributed by atoms with van der Waals surface area (Å²) < 4.78 is 10.2. The second-order valence-electron chi connectivity index (χ2n) is 5.73. The van der Waals surface area contributed by atoms with Crippen LogP contribution in [0.5, 0.6) is 0 Å². The minimum Gasteiger partial charge on any atom is -0.481 e. The Balaban J connectivity index is 2.12. The van der Waals surface area contributed by atoms with Crippen LogP contribution in [0.4, 0.5) is 0 Å². The van der Waals surface area contributed by atoms with Crippen LogP contribution in [-0.4, -0.2) is 36.4 Å². The molecule has 0 spiro atoms. The van der Waals surface area contributed by atoms with Crippen molar-refractivity contribution < 1.29 is 24.2 Å². The summed E-state index contributed by atoms with van der Waals surface area (Å²) in [5, 5.41) is 9.44. The van der Waals surface area contributed by atoms with E-state index in [2.05, 4.69) is 0 Å². The summed E-state index contributed by atoms with van der Waals surface area (Å²) >= 11 is 0. The number of carbonyl (C=O) groups excluding carboxylic acids is 1. The molecule has 1 aliphatic heterocycles. The summed E-state index contributed by atoms with van der Waals surface area (Å²) in [5.74, 6) is -1.31. The molecule has 1 N–H and O–H groups in total. The van der Waals surface area contributed by atoms with Crippen LogP contribution < -0.4 is 0 Å². The average Bonchev–Trinajstić information content (AvgIpc) is 3.13. The van der Waals surface area contributed by atoms with Gasteiger partial charge < -0.3 is 14.6 Å². The van der Waals surface area contributed by atoms with Gasteiger partial charge in [-0.1, -0.05) is 12.8 Å². The van der Waals surface area contributed by atoms with Crippen LogP contribution in [0.2, 0.25) is 0 Å². The van der Waals surface area contributed by atoms with Crippen LogP contribution in [0.1, 0.15) is 39.5 Å². The van der Waals surface area contributed by atoms with Gasteiger partial charge in [0, 0.05) is 0 Å². The molecule has 5 heteroatoms. The monoisotopic (exact) mass is 256 g/mol. The number of carboxylic acids is 1. The lowest BCUT2D eigenvalue weighted by Gasteiger charge is -2.44. The molecule has 1 saturated carbocycles. The largest absolute Gasteiger partial charge is 0.481 e. The minimum absolute atomic E-state index is 0.0113. The fourth-order valence-corrected chi connectivity index (χ4v) is 2.67. The first-order valence-corrected chi connectivity index (χ1v) is 6.42. The molecule has 0 radical (unpaired) electrons. The Bertz CT molecular complexity index is 362. The van der Waals surface area contributed by atoms with Gasteiger partial charge in [0.25, 0.3) is 0 Å². The van der Waals surface area contributed by atoms with Crippen molar-refractivity contribution in [1.29, 1.82) is 0 Å². The zero-order chi connectivity index (χ0) is 13.4. The van der Waals surface area contributed by atoms with E-state index in [0.29, 0.717) is 19.4 Å². The van der Waals surface area contributed by atoms with Gasteiger partial charge in [-0.3, -0.25) is 9.59 Å². The first kappa shape index (κ1) is 13.3. The number of esters is 1. The number of hydrogen-bond donors (Lipinski definition) is 1. The van der Waals surface area contributed by atoms with Crippen molar-refractivity contribution in [3.63, 3.8) is 0 Å². The molecule has 2 rings (SSSR count). The van der Waals surface area contributed by atoms with Gasteiger partial charge in [0.1, 0.15) is 12.7 Å². The molecule has 102 valence electrons. The second kappa shape index (κ2) is 4.53. The van der Waals surface area contributed by atoms with E-state index in [1.165, 1.54) is 0 Å². The standard InChI is InChI=1S/C13H20O5/c1-12(10(14)15)5-3-4-6-13(12,2)11(16)18-8-9-7-17-9/h9H,3-8H2,1-2H3,(H,14,15). The van der Waals surface area contributed by atoms with Crippen LogP contribution >= 0.6 is 0 Å². The number of rotatable bonds is 4. The van der Waals surface area contributed by atoms with Crippen LogP contribution in [0.25, 0.3) is 0 Å². The van der Waals surface area contributed by atoms with Crippen molar-refractivity contribution in [2.45, 2.75) is 45.6 Å². The lowest BCUT2D eigenvalue weighted by atomic mass is 9.57. The quantitative estimate of drug-likeness (QED) is 0.610. The maximum atomic E-state index is 12.2. The molecule has 0 amide bonds. The third kappa shape index (κ3) is 2.11. The van der Waals surface area contributed by atoms with Gasteiger partial charge in [0.15, 0.2) is 0 Å². The highest BCUT2D eigenvalue weighted by Crippen LogP contribution is 2.51. The number of aliphatic carboxylic acids is 1. The Morgan fingerprint density at radius 2 is 1.83 bits per heavy atom. The van der Waals surface area contributed by atoms with E-state index in [-0.39, 0.29) is 12.7 Å². The smallest absolute Gasteiger partial charge is 0.313 e. The molecule has 0 aromatic rings. The maximum absolute atomic E-state index is 12.2. The zero-order valence-corrected chi connectivity index (χ0v) is 10.9. The van der Waals surface area contributed by atoms with E-state index in [0.717, 1.165) is 12.8 Å². The van der Waals surface area contributed by atoms with Gasteiger partial charge in [-0.2, -0.15) is 0 Å². The highest BCUT2D eigenvalue weighted by molar-refractivity contribution is 5.87. The van der Waals surface area contributed by atoms with E-state index in [1.54, 1.807) is 13.8 Å². The Morgan fingerprint density at radius 1 is 1.28 bits per heavy atom. The Morgan fingerprint density at radius 3 is 2.33 bits per heavy atom. The molecule has 0 aromatic heterocycles. The lowest BCUT2D eigenvalue weighted by Crippen LogP contribution is -2.51. The van der Waals surface area contributed by atoms with E-state index in [4.69, 9.17) is 9.47 Å². The molecule has 1 saturated heterocycles. The number of ether oxygens (including phenoxy) is 2. The summed E-state index contributed by atoms with van der Waals surface area (Å²) in [4.78, 5) is 23.7. The Hall–Kier alpha value is -1.10. The molecule has 2 fully saturated rings. The first-order valence-electron chi connectivity index (χ1n) is 6.42. The van der Waals surface area contributed by atoms with E-state index < -0.39 is 22.8 Å². The highest BCUT2D eigenvalue weighted by Gasteiger charge is 2.57. The van der Waals surface area contributed by atoms with Crippen LogP contribution in [-0.2, 0) is 19.1 Å². The molecule has 0 aromatic carbocycles. The Kier molecular flexibility index (Phi) is 3.36. The summed E-state index contributed by atoms with van der Waals surface area (Å²) in [6.45, 7) is 4.24. The molecule has 2 aliphatic rings. The van der Waals surface area contributed by atoms with Crippen molar-refractivity contribution in [3.8, 4) is 0 Å². The van der Waals surface area contributed by atoms with Gasteiger partial charge in [-0.05, 0) is 26.7 Å². The minimum atomic E-state index is -1.03. The SMILES string of the molecule is CC1(C(=O)O)CCCCC1(C)C(=O)OCC1CO1. The van der Waals surface area contributed by atoms with Gasteiger partial charge >= 0.3 is 11.9 Å². The number of carboxylic acid groups (broad SMARTS) is 1. The summed E-state index contributed by atoms with van der Waals surface area (Å²) in [7, 11) is 0. The molecular weight excluding hydrogens is 236 g/mol. The Labute approximate surface area is 106 Å². The summed E-state index contributed by atoms with van der Waals surface area (Å²) in [5.41, 5.74) is -1.97. The average molecular weight is 256 g/mol. The molecule has 5 nitrogen and oxygen atoms in total. The molecule has 0 bridgehead atoms. The molecule has 1 aliphatic carbocycles. The van der Waals surface area contributed by atoms with Gasteiger partial charge in [0.05, 0.1) is 17.4 Å². The van der Waals surface area contributed by atoms with Crippen molar-refractivity contribution >= 4 is 11.9 Å². The van der Waals surface area contributed by atoms with Crippen LogP contribution in [0.3, 0.4) is 0 Å². The van der Waals surface area contributed by atoms with Gasteiger partial charge in [-0.15, -0.1) is 0 Å². The van der Waals surface area contributed by atoms with Crippen molar-refractivity contribution in [2.24, 2.45) is 10.8 Å². The maximum Gasteiger partial charge on any atom is 0.313 e. The van der Waals surface area contributed by atoms with Crippen molar-refractivity contribution in [1.82, 2.24) is 0 Å². The normalized spacial score (nSPS) is 39.1. The molecular formula is C13H20O5. The van der Waals surface area contributed by atoms with Crippen LogP contribution in [0, 0.1) is 10.8 Å². The van der Waals surface area contributed by atoms with Crippen molar-refractivity contribution in [2.75, 3.05) is 13.2 Å². The predicted octanol–water partition coefficient (Wildman–Crippen LogP) is 1.60.